The van der Waals surface area contributed by atoms with E-state index in [1.807, 2.05) is 0 Å². The van der Waals surface area contributed by atoms with Gasteiger partial charge in [0.1, 0.15) is 0 Å². The number of rotatable bonds is 39. The van der Waals surface area contributed by atoms with E-state index in [-0.39, 0.29) is 18.5 Å². The average Bonchev–Trinajstić information content (AvgIpc) is 3.13. The number of carbonyl (C=O) groups is 2. The van der Waals surface area contributed by atoms with Gasteiger partial charge < -0.3 is 20.3 Å². The van der Waals surface area contributed by atoms with E-state index in [1.54, 1.807) is 0 Å². The van der Waals surface area contributed by atoms with Crippen LogP contribution in [0, 0.1) is 0 Å². The van der Waals surface area contributed by atoms with Gasteiger partial charge in [-0.15, -0.1) is 0 Å². The second kappa shape index (κ2) is 40.8. The van der Waals surface area contributed by atoms with Crippen molar-refractivity contribution in [3.8, 4) is 0 Å². The largest absolute Gasteiger partial charge is 0.466 e. The number of aliphatic hydroxyl groups is 2. The minimum Gasteiger partial charge on any atom is -0.466 e. The number of aliphatic hydroxyl groups excluding tert-OH is 2. The van der Waals surface area contributed by atoms with Crippen molar-refractivity contribution in [3.63, 3.8) is 0 Å². The maximum Gasteiger partial charge on any atom is 0.305 e. The van der Waals surface area contributed by atoms with Crippen LogP contribution in [0.15, 0.2) is 36.5 Å². The van der Waals surface area contributed by atoms with Crippen LogP contribution in [0.5, 0.6) is 0 Å². The Morgan fingerprint density at radius 2 is 1.00 bits per heavy atom. The first-order valence-corrected chi connectivity index (χ1v) is 21.7. The highest BCUT2D eigenvalue weighted by atomic mass is 16.5. The van der Waals surface area contributed by atoms with Crippen molar-refractivity contribution < 1.29 is 24.5 Å². The number of unbranched alkanes of at least 4 members (excludes halogenated alkanes) is 22. The third kappa shape index (κ3) is 37.6. The number of carbonyl (C=O) groups excluding carboxylic acids is 2. The molecular formula is C45H83NO5. The zero-order valence-electron chi connectivity index (χ0n) is 33.6. The number of esters is 1. The molecule has 0 aromatic heterocycles. The number of hydrogen-bond acceptors (Lipinski definition) is 5. The summed E-state index contributed by atoms with van der Waals surface area (Å²) in [6.07, 6.45) is 46.7. The number of ether oxygens (including phenoxy) is 1. The van der Waals surface area contributed by atoms with Gasteiger partial charge in [0.15, 0.2) is 0 Å². The van der Waals surface area contributed by atoms with E-state index in [9.17, 15) is 19.8 Å². The highest BCUT2D eigenvalue weighted by Crippen LogP contribution is 2.14. The summed E-state index contributed by atoms with van der Waals surface area (Å²) in [6, 6.07) is -0.566. The number of nitrogens with one attached hydrogen (secondary N) is 1. The molecule has 6 nitrogen and oxygen atoms in total. The van der Waals surface area contributed by atoms with E-state index in [0.717, 1.165) is 89.9 Å². The molecule has 0 aromatic rings. The van der Waals surface area contributed by atoms with Gasteiger partial charge in [-0.25, -0.2) is 0 Å². The second-order valence-electron chi connectivity index (χ2n) is 14.7. The highest BCUT2D eigenvalue weighted by molar-refractivity contribution is 5.76. The lowest BCUT2D eigenvalue weighted by molar-refractivity contribution is -0.143. The Balaban J connectivity index is 3.56. The lowest BCUT2D eigenvalue weighted by Crippen LogP contribution is -2.45. The van der Waals surface area contributed by atoms with Crippen molar-refractivity contribution in [3.05, 3.63) is 36.5 Å². The molecule has 0 aromatic carbocycles. The first-order valence-electron chi connectivity index (χ1n) is 21.7. The van der Waals surface area contributed by atoms with Crippen LogP contribution in [0.25, 0.3) is 0 Å². The summed E-state index contributed by atoms with van der Waals surface area (Å²) >= 11 is 0. The van der Waals surface area contributed by atoms with Crippen LogP contribution >= 0.6 is 0 Å². The topological polar surface area (TPSA) is 95.9 Å². The molecule has 2 atom stereocenters. The van der Waals surface area contributed by atoms with Gasteiger partial charge in [-0.1, -0.05) is 159 Å². The Kier molecular flexibility index (Phi) is 39.3. The average molecular weight is 718 g/mol. The van der Waals surface area contributed by atoms with Gasteiger partial charge in [-0.05, 0) is 77.0 Å². The molecule has 0 radical (unpaired) electrons. The predicted octanol–water partition coefficient (Wildman–Crippen LogP) is 12.2. The standard InChI is InChI=1S/C45H83NO5/c1-3-5-7-9-11-13-15-16-17-18-23-27-31-35-39-45(50)51-40-36-32-28-24-20-19-22-26-30-34-38-44(49)46-42(41-47)43(48)37-33-29-25-21-14-12-10-8-6-4-2/h9,11,15-16,20,24,42-43,47-48H,3-8,10,12-14,17-19,21-23,25-41H2,1-2H3,(H,46,49)/b11-9-,16-15-,24-20-. The van der Waals surface area contributed by atoms with Crippen molar-refractivity contribution in [2.24, 2.45) is 0 Å². The minimum absolute atomic E-state index is 0.0525. The van der Waals surface area contributed by atoms with E-state index in [0.29, 0.717) is 25.9 Å². The van der Waals surface area contributed by atoms with Crippen molar-refractivity contribution >= 4 is 11.9 Å². The van der Waals surface area contributed by atoms with Crippen LogP contribution < -0.4 is 5.32 Å². The van der Waals surface area contributed by atoms with Crippen molar-refractivity contribution in [2.75, 3.05) is 13.2 Å². The van der Waals surface area contributed by atoms with Crippen molar-refractivity contribution in [1.82, 2.24) is 5.32 Å². The molecule has 0 aliphatic rings. The fourth-order valence-electron chi connectivity index (χ4n) is 6.23. The molecule has 0 aliphatic heterocycles. The maximum absolute atomic E-state index is 12.3. The number of amides is 1. The van der Waals surface area contributed by atoms with Crippen LogP contribution in [0.1, 0.15) is 213 Å². The molecule has 2 unspecified atom stereocenters. The van der Waals surface area contributed by atoms with Crippen LogP contribution in [0.2, 0.25) is 0 Å². The first-order chi connectivity index (χ1) is 25.0. The van der Waals surface area contributed by atoms with E-state index < -0.39 is 12.1 Å². The minimum atomic E-state index is -0.685. The molecule has 0 saturated heterocycles. The van der Waals surface area contributed by atoms with E-state index >= 15 is 0 Å². The first kappa shape index (κ1) is 49.1. The maximum atomic E-state index is 12.3. The second-order valence-corrected chi connectivity index (χ2v) is 14.7. The molecule has 6 heteroatoms. The van der Waals surface area contributed by atoms with Crippen LogP contribution in [0.3, 0.4) is 0 Å². The molecule has 0 bridgehead atoms. The number of hydrogen-bond donors (Lipinski definition) is 3. The molecular weight excluding hydrogens is 634 g/mol. The van der Waals surface area contributed by atoms with Crippen LogP contribution in [-0.4, -0.2) is 47.4 Å². The van der Waals surface area contributed by atoms with E-state index in [1.165, 1.54) is 89.9 Å². The summed E-state index contributed by atoms with van der Waals surface area (Å²) in [5, 5.41) is 23.0. The molecule has 298 valence electrons. The van der Waals surface area contributed by atoms with Crippen LogP contribution in [0.4, 0.5) is 0 Å². The van der Waals surface area contributed by atoms with Crippen molar-refractivity contribution in [1.29, 1.82) is 0 Å². The summed E-state index contributed by atoms with van der Waals surface area (Å²) < 4.78 is 5.40. The molecule has 0 saturated carbocycles. The summed E-state index contributed by atoms with van der Waals surface area (Å²) in [7, 11) is 0. The summed E-state index contributed by atoms with van der Waals surface area (Å²) in [5.41, 5.74) is 0. The fraction of sp³-hybridized carbons (Fsp3) is 0.822. The molecule has 51 heavy (non-hydrogen) atoms. The van der Waals surface area contributed by atoms with Gasteiger partial charge in [0, 0.05) is 12.8 Å². The van der Waals surface area contributed by atoms with E-state index in [4.69, 9.17) is 4.74 Å². The van der Waals surface area contributed by atoms with Gasteiger partial charge in [-0.2, -0.15) is 0 Å². The zero-order chi connectivity index (χ0) is 37.3. The molecule has 0 aliphatic carbocycles. The molecule has 1 amide bonds. The van der Waals surface area contributed by atoms with Gasteiger partial charge in [0.2, 0.25) is 5.91 Å². The monoisotopic (exact) mass is 718 g/mol. The van der Waals surface area contributed by atoms with E-state index in [2.05, 4.69) is 55.6 Å². The normalized spacial score (nSPS) is 13.1. The van der Waals surface area contributed by atoms with Crippen molar-refractivity contribution in [2.45, 2.75) is 225 Å². The van der Waals surface area contributed by atoms with Gasteiger partial charge in [0.05, 0.1) is 25.4 Å². The third-order valence-electron chi connectivity index (χ3n) is 9.66. The van der Waals surface area contributed by atoms with Crippen LogP contribution in [-0.2, 0) is 14.3 Å². The Morgan fingerprint density at radius 1 is 0.549 bits per heavy atom. The quantitative estimate of drug-likeness (QED) is 0.0334. The smallest absolute Gasteiger partial charge is 0.305 e. The molecule has 0 heterocycles. The molecule has 0 spiro atoms. The SMILES string of the molecule is CCCC/C=C\C/C=C\CCCCCCCC(=O)OCCCC/C=C\CCCCCCC(=O)NC(CO)C(O)CCCCCCCCCCCC. The Bertz CT molecular complexity index is 838. The Morgan fingerprint density at radius 3 is 1.57 bits per heavy atom. The molecule has 0 fully saturated rings. The highest BCUT2D eigenvalue weighted by Gasteiger charge is 2.20. The lowest BCUT2D eigenvalue weighted by Gasteiger charge is -2.22. The number of allylic oxidation sites excluding steroid dienone is 6. The lowest BCUT2D eigenvalue weighted by atomic mass is 10.0. The summed E-state index contributed by atoms with van der Waals surface area (Å²) in [6.45, 7) is 4.78. The Labute approximate surface area is 315 Å². The van der Waals surface area contributed by atoms with Gasteiger partial charge >= 0.3 is 5.97 Å². The zero-order valence-corrected chi connectivity index (χ0v) is 33.6. The third-order valence-corrected chi connectivity index (χ3v) is 9.66. The van der Waals surface area contributed by atoms with Gasteiger partial charge in [0.25, 0.3) is 0 Å². The summed E-state index contributed by atoms with van der Waals surface area (Å²) in [5.74, 6) is -0.128. The molecule has 0 rings (SSSR count). The van der Waals surface area contributed by atoms with Gasteiger partial charge in [-0.3, -0.25) is 9.59 Å². The predicted molar refractivity (Wildman–Crippen MR) is 218 cm³/mol. The fourth-order valence-corrected chi connectivity index (χ4v) is 6.23. The Hall–Kier alpha value is -1.92. The molecule has 3 N–H and O–H groups in total. The summed E-state index contributed by atoms with van der Waals surface area (Å²) in [4.78, 5) is 24.3.